The molecule has 11 nitrogen and oxygen atoms in total. The molecule has 2 heterocycles. The number of ether oxygens (including phenoxy) is 1. The number of rotatable bonds is 4. The fraction of sp³-hybridized carbons (Fsp3) is 0.190. The molecule has 0 fully saturated rings. The van der Waals surface area contributed by atoms with Crippen molar-refractivity contribution in [3.63, 3.8) is 0 Å². The Balaban J connectivity index is 2.10. The van der Waals surface area contributed by atoms with Gasteiger partial charge in [-0.3, -0.25) is 19.7 Å². The summed E-state index contributed by atoms with van der Waals surface area (Å²) in [4.78, 5) is 41.0. The zero-order chi connectivity index (χ0) is 23.9. The highest BCUT2D eigenvalue weighted by molar-refractivity contribution is 7.98. The molecule has 1 aromatic heterocycles. The van der Waals surface area contributed by atoms with Crippen LogP contribution in [0.5, 0.6) is 11.6 Å². The lowest BCUT2D eigenvalue weighted by Gasteiger charge is -2.32. The van der Waals surface area contributed by atoms with Crippen LogP contribution in [0.1, 0.15) is 25.6 Å². The first kappa shape index (κ1) is 22.1. The van der Waals surface area contributed by atoms with Crippen molar-refractivity contribution in [3.8, 4) is 22.9 Å². The Morgan fingerprint density at radius 2 is 1.94 bits per heavy atom. The van der Waals surface area contributed by atoms with Crippen molar-refractivity contribution in [1.29, 1.82) is 0 Å². The van der Waals surface area contributed by atoms with Crippen molar-refractivity contribution in [2.75, 3.05) is 11.2 Å². The van der Waals surface area contributed by atoms with Crippen molar-refractivity contribution in [1.82, 2.24) is 10.1 Å². The number of hydrogen-bond donors (Lipinski definition) is 0. The number of esters is 1. The van der Waals surface area contributed by atoms with Gasteiger partial charge in [0.05, 0.1) is 22.1 Å². The summed E-state index contributed by atoms with van der Waals surface area (Å²) in [7, 11) is 0. The Morgan fingerprint density at radius 3 is 2.58 bits per heavy atom. The van der Waals surface area contributed by atoms with Crippen LogP contribution in [-0.4, -0.2) is 33.1 Å². The SMILES string of the molecule is CSc1nc([O-])c2[n+](n1)C(c1cc(OC(C)=O)ccc1[N+](=O)[O-])N(C(C)=O)c1ccccc1-2. The number of nitrogens with zero attached hydrogens (tertiary/aromatic N) is 5. The van der Waals surface area contributed by atoms with Gasteiger partial charge in [-0.1, -0.05) is 28.6 Å². The summed E-state index contributed by atoms with van der Waals surface area (Å²) in [5, 5.41) is 29.5. The first-order valence-corrected chi connectivity index (χ1v) is 10.9. The number of carbonyl (C=O) groups excluding carboxylic acids is 2. The summed E-state index contributed by atoms with van der Waals surface area (Å²) < 4.78 is 6.40. The molecule has 0 radical (unpaired) electrons. The number of anilines is 1. The van der Waals surface area contributed by atoms with Gasteiger partial charge in [0.1, 0.15) is 11.3 Å². The summed E-state index contributed by atoms with van der Waals surface area (Å²) >= 11 is 1.12. The van der Waals surface area contributed by atoms with Gasteiger partial charge in [0.2, 0.25) is 5.91 Å². The number of carbonyl (C=O) groups is 2. The number of amides is 1. The zero-order valence-corrected chi connectivity index (χ0v) is 18.5. The van der Waals surface area contributed by atoms with Gasteiger partial charge in [-0.15, -0.1) is 0 Å². The lowest BCUT2D eigenvalue weighted by atomic mass is 10.00. The van der Waals surface area contributed by atoms with E-state index in [2.05, 4.69) is 10.1 Å². The number of thioether (sulfide) groups is 1. The molecule has 1 aliphatic rings. The second-order valence-corrected chi connectivity index (χ2v) is 7.82. The molecule has 2 aromatic carbocycles. The quantitative estimate of drug-likeness (QED) is 0.140. The summed E-state index contributed by atoms with van der Waals surface area (Å²) in [6.45, 7) is 2.51. The molecular formula is C21H17N5O6S. The molecule has 33 heavy (non-hydrogen) atoms. The van der Waals surface area contributed by atoms with Gasteiger partial charge in [0.15, 0.2) is 0 Å². The second kappa shape index (κ2) is 8.47. The van der Waals surface area contributed by atoms with Crippen LogP contribution >= 0.6 is 11.8 Å². The molecule has 0 spiro atoms. The number of para-hydroxylation sites is 1. The normalized spacial score (nSPS) is 14.3. The Labute approximate surface area is 191 Å². The van der Waals surface area contributed by atoms with Gasteiger partial charge in [-0.25, -0.2) is 9.88 Å². The highest BCUT2D eigenvalue weighted by Gasteiger charge is 2.46. The maximum atomic E-state index is 13.0. The molecule has 4 rings (SSSR count). The standard InChI is InChI=1S/C21H17N5O6S/c1-11(27)24-16-7-5-4-6-14(16)18-19(29)22-21(33-3)23-25(18)20(24)15-10-13(32-12(2)28)8-9-17(15)26(30)31/h4-10,20H,1-3H3. The topological polar surface area (TPSA) is 142 Å². The highest BCUT2D eigenvalue weighted by atomic mass is 32.2. The first-order valence-electron chi connectivity index (χ1n) is 9.63. The fourth-order valence-electron chi connectivity index (χ4n) is 3.78. The average Bonchev–Trinajstić information content (AvgIpc) is 2.76. The Morgan fingerprint density at radius 1 is 1.21 bits per heavy atom. The Kier molecular flexibility index (Phi) is 5.68. The van der Waals surface area contributed by atoms with Crippen molar-refractivity contribution < 1.29 is 29.0 Å². The van der Waals surface area contributed by atoms with Gasteiger partial charge in [-0.05, 0) is 30.5 Å². The highest BCUT2D eigenvalue weighted by Crippen LogP contribution is 2.43. The molecule has 168 valence electrons. The largest absolute Gasteiger partial charge is 0.854 e. The average molecular weight is 467 g/mol. The predicted octanol–water partition coefficient (Wildman–Crippen LogP) is 1.97. The van der Waals surface area contributed by atoms with E-state index in [9.17, 15) is 24.8 Å². The van der Waals surface area contributed by atoms with Crippen LogP contribution in [0, 0.1) is 10.1 Å². The van der Waals surface area contributed by atoms with Crippen molar-refractivity contribution >= 4 is 35.0 Å². The van der Waals surface area contributed by atoms with Gasteiger partial charge in [0.25, 0.3) is 22.7 Å². The Bertz CT molecular complexity index is 1310. The third-order valence-electron chi connectivity index (χ3n) is 4.97. The second-order valence-electron chi connectivity index (χ2n) is 7.05. The molecule has 0 saturated carbocycles. The molecule has 1 unspecified atom stereocenters. The summed E-state index contributed by atoms with van der Waals surface area (Å²) in [5.74, 6) is -1.59. The van der Waals surface area contributed by atoms with E-state index >= 15 is 0 Å². The smallest absolute Gasteiger partial charge is 0.308 e. The van der Waals surface area contributed by atoms with Crippen LogP contribution in [0.3, 0.4) is 0 Å². The van der Waals surface area contributed by atoms with Crippen molar-refractivity contribution in [2.45, 2.75) is 25.2 Å². The maximum absolute atomic E-state index is 13.0. The number of aromatic nitrogens is 3. The van der Waals surface area contributed by atoms with Crippen LogP contribution in [0.15, 0.2) is 47.6 Å². The van der Waals surface area contributed by atoms with E-state index in [1.54, 1.807) is 30.5 Å². The summed E-state index contributed by atoms with van der Waals surface area (Å²) in [6.07, 6.45) is 0.477. The molecular weight excluding hydrogens is 450 g/mol. The fourth-order valence-corrected chi connectivity index (χ4v) is 4.12. The first-order chi connectivity index (χ1) is 15.7. The van der Waals surface area contributed by atoms with E-state index in [-0.39, 0.29) is 27.9 Å². The molecule has 0 bridgehead atoms. The Hall–Kier alpha value is -4.06. The minimum Gasteiger partial charge on any atom is -0.854 e. The van der Waals surface area contributed by atoms with E-state index in [1.807, 2.05) is 0 Å². The van der Waals surface area contributed by atoms with Gasteiger partial charge in [-0.2, -0.15) is 0 Å². The van der Waals surface area contributed by atoms with E-state index < -0.39 is 28.8 Å². The lowest BCUT2D eigenvalue weighted by molar-refractivity contribution is -0.764. The number of fused-ring (bicyclic) bond motifs is 3. The molecule has 12 heteroatoms. The minimum atomic E-state index is -1.20. The van der Waals surface area contributed by atoms with Crippen LogP contribution in [-0.2, 0) is 9.59 Å². The molecule has 0 N–H and O–H groups in total. The summed E-state index contributed by atoms with van der Waals surface area (Å²) in [6, 6.07) is 10.4. The number of nitro groups is 1. The van der Waals surface area contributed by atoms with Gasteiger partial charge in [0, 0.05) is 25.0 Å². The monoisotopic (exact) mass is 467 g/mol. The molecule has 0 aliphatic carbocycles. The third-order valence-corrected chi connectivity index (χ3v) is 5.51. The van der Waals surface area contributed by atoms with Crippen LogP contribution in [0.25, 0.3) is 11.3 Å². The van der Waals surface area contributed by atoms with Crippen LogP contribution in [0.4, 0.5) is 11.4 Å². The summed E-state index contributed by atoms with van der Waals surface area (Å²) in [5.41, 5.74) is 0.551. The molecule has 1 atom stereocenters. The minimum absolute atomic E-state index is 0.0138. The molecule has 3 aromatic rings. The zero-order valence-electron chi connectivity index (χ0n) is 17.7. The number of nitro benzene ring substituents is 1. The van der Waals surface area contributed by atoms with Crippen molar-refractivity contribution in [3.05, 3.63) is 58.1 Å². The third kappa shape index (κ3) is 3.84. The molecule has 1 aliphatic heterocycles. The van der Waals surface area contributed by atoms with E-state index in [0.717, 1.165) is 11.8 Å². The van der Waals surface area contributed by atoms with Crippen molar-refractivity contribution in [2.24, 2.45) is 0 Å². The number of hydrogen-bond acceptors (Lipinski definition) is 9. The molecule has 1 amide bonds. The van der Waals surface area contributed by atoms with E-state index in [0.29, 0.717) is 11.3 Å². The maximum Gasteiger partial charge on any atom is 0.308 e. The van der Waals surface area contributed by atoms with Crippen LogP contribution in [0.2, 0.25) is 0 Å². The lowest BCUT2D eigenvalue weighted by Crippen LogP contribution is -2.59. The van der Waals surface area contributed by atoms with E-state index in [4.69, 9.17) is 4.74 Å². The molecule has 0 saturated heterocycles. The van der Waals surface area contributed by atoms with E-state index in [1.165, 1.54) is 41.6 Å². The van der Waals surface area contributed by atoms with Gasteiger partial charge < -0.3 is 9.84 Å². The number of benzene rings is 2. The van der Waals surface area contributed by atoms with Gasteiger partial charge >= 0.3 is 5.97 Å². The predicted molar refractivity (Wildman–Crippen MR) is 115 cm³/mol. The van der Waals surface area contributed by atoms with Crippen LogP contribution < -0.4 is 19.4 Å².